The van der Waals surface area contributed by atoms with Gasteiger partial charge in [0.15, 0.2) is 0 Å². The maximum atomic E-state index is 9.36. The highest BCUT2D eigenvalue weighted by molar-refractivity contribution is 5.35. The number of nitrogens with zero attached hydrogens (tertiary/aromatic N) is 2. The van der Waals surface area contributed by atoms with Gasteiger partial charge >= 0.3 is 0 Å². The van der Waals surface area contributed by atoms with Crippen molar-refractivity contribution in [3.63, 3.8) is 0 Å². The fourth-order valence-electron chi connectivity index (χ4n) is 5.36. The van der Waals surface area contributed by atoms with E-state index >= 15 is 0 Å². The molecule has 8 rings (SSSR count). The highest BCUT2D eigenvalue weighted by atomic mass is 16.5. The summed E-state index contributed by atoms with van der Waals surface area (Å²) in [6.07, 6.45) is 5.35. The van der Waals surface area contributed by atoms with Gasteiger partial charge in [0.05, 0.1) is 6.10 Å². The Morgan fingerprint density at radius 3 is 1.68 bits per heavy atom. The van der Waals surface area contributed by atoms with E-state index < -0.39 is 0 Å². The predicted octanol–water partition coefficient (Wildman–Crippen LogP) is 4.02. The SMILES string of the molecule is O[C@H]1CN2CCC1CC2.c1ccc(Oc2ccc(O[C@H]3CN4CCC3CC4)cc2)cc1. The van der Waals surface area contributed by atoms with Crippen LogP contribution in [0.4, 0.5) is 0 Å². The molecule has 6 heterocycles. The highest BCUT2D eigenvalue weighted by Crippen LogP contribution is 2.31. The third kappa shape index (κ3) is 5.22. The molecule has 31 heavy (non-hydrogen) atoms. The summed E-state index contributed by atoms with van der Waals surface area (Å²) in [5, 5.41) is 9.36. The first kappa shape index (κ1) is 20.8. The summed E-state index contributed by atoms with van der Waals surface area (Å²) in [5.74, 6) is 4.00. The number of aliphatic hydroxyl groups excluding tert-OH is 1. The molecule has 6 saturated heterocycles. The van der Waals surface area contributed by atoms with E-state index in [9.17, 15) is 5.11 Å². The summed E-state index contributed by atoms with van der Waals surface area (Å²) >= 11 is 0. The van der Waals surface area contributed by atoms with Crippen LogP contribution in [0.3, 0.4) is 0 Å². The average Bonchev–Trinajstić information content (AvgIpc) is 2.83. The molecule has 0 saturated carbocycles. The van der Waals surface area contributed by atoms with E-state index in [1.807, 2.05) is 54.6 Å². The standard InChI is InChI=1S/C19H21NO2.C7H13NO/c1-2-4-16(5-3-1)21-17-6-8-18(9-7-17)22-19-14-20-12-10-15(19)11-13-20;9-7-5-8-3-1-6(7)2-4-8/h1-9,15,19H,10-14H2;6-7,9H,1-5H2/t19-;7-/m00/s1. The molecule has 0 radical (unpaired) electrons. The molecular weight excluding hydrogens is 388 g/mol. The third-order valence-electron chi connectivity index (χ3n) is 7.31. The third-order valence-corrected chi connectivity index (χ3v) is 7.31. The molecule has 166 valence electrons. The summed E-state index contributed by atoms with van der Waals surface area (Å²) < 4.78 is 12.0. The molecule has 2 aromatic carbocycles. The second-order valence-electron chi connectivity index (χ2n) is 9.39. The van der Waals surface area contributed by atoms with Crippen LogP contribution in [-0.2, 0) is 0 Å². The number of ether oxygens (including phenoxy) is 2. The summed E-state index contributed by atoms with van der Waals surface area (Å²) in [6.45, 7) is 6.95. The minimum absolute atomic E-state index is 0.00694. The number of piperidine rings is 6. The van der Waals surface area contributed by atoms with E-state index in [1.54, 1.807) is 0 Å². The van der Waals surface area contributed by atoms with Gasteiger partial charge in [-0.15, -0.1) is 0 Å². The number of para-hydroxylation sites is 1. The second kappa shape index (κ2) is 9.60. The van der Waals surface area contributed by atoms with Gasteiger partial charge in [-0.2, -0.15) is 0 Å². The van der Waals surface area contributed by atoms with Gasteiger partial charge in [0, 0.05) is 13.1 Å². The zero-order valence-corrected chi connectivity index (χ0v) is 18.2. The smallest absolute Gasteiger partial charge is 0.127 e. The van der Waals surface area contributed by atoms with Gasteiger partial charge in [0.2, 0.25) is 0 Å². The zero-order valence-electron chi connectivity index (χ0n) is 18.2. The molecule has 0 amide bonds. The minimum atomic E-state index is -0.00694. The molecular formula is C26H34N2O3. The van der Waals surface area contributed by atoms with Crippen LogP contribution in [0.25, 0.3) is 0 Å². The number of rotatable bonds is 4. The van der Waals surface area contributed by atoms with Crippen LogP contribution in [0.1, 0.15) is 25.7 Å². The van der Waals surface area contributed by atoms with E-state index in [0.29, 0.717) is 12.0 Å². The molecule has 2 atom stereocenters. The number of fused-ring (bicyclic) bond motifs is 6. The molecule has 5 nitrogen and oxygen atoms in total. The Kier molecular flexibility index (Phi) is 6.44. The van der Waals surface area contributed by atoms with Crippen molar-refractivity contribution in [1.82, 2.24) is 9.80 Å². The van der Waals surface area contributed by atoms with E-state index in [4.69, 9.17) is 9.47 Å². The van der Waals surface area contributed by atoms with Crippen LogP contribution < -0.4 is 9.47 Å². The lowest BCUT2D eigenvalue weighted by atomic mass is 9.86. The Hall–Kier alpha value is -2.08. The first-order valence-corrected chi connectivity index (χ1v) is 11.9. The van der Waals surface area contributed by atoms with E-state index in [1.165, 1.54) is 51.9 Å². The van der Waals surface area contributed by atoms with Crippen LogP contribution in [-0.4, -0.2) is 66.4 Å². The molecule has 2 aromatic rings. The lowest BCUT2D eigenvalue weighted by Gasteiger charge is -2.44. The summed E-state index contributed by atoms with van der Waals surface area (Å²) in [6, 6.07) is 17.8. The number of hydrogen-bond acceptors (Lipinski definition) is 5. The molecule has 0 aromatic heterocycles. The zero-order chi connectivity index (χ0) is 21.0. The van der Waals surface area contributed by atoms with E-state index in [2.05, 4.69) is 9.80 Å². The summed E-state index contributed by atoms with van der Waals surface area (Å²) in [4.78, 5) is 4.86. The van der Waals surface area contributed by atoms with Gasteiger partial charge < -0.3 is 19.5 Å². The Morgan fingerprint density at radius 2 is 1.19 bits per heavy atom. The number of hydrogen-bond donors (Lipinski definition) is 1. The molecule has 1 N–H and O–H groups in total. The number of aliphatic hydroxyl groups is 1. The van der Waals surface area contributed by atoms with Crippen molar-refractivity contribution in [1.29, 1.82) is 0 Å². The maximum Gasteiger partial charge on any atom is 0.127 e. The van der Waals surface area contributed by atoms with Crippen molar-refractivity contribution in [3.05, 3.63) is 54.6 Å². The van der Waals surface area contributed by atoms with Crippen LogP contribution in [0.5, 0.6) is 17.2 Å². The van der Waals surface area contributed by atoms with Crippen molar-refractivity contribution in [3.8, 4) is 17.2 Å². The molecule has 6 aliphatic rings. The number of benzene rings is 2. The van der Waals surface area contributed by atoms with E-state index in [0.717, 1.165) is 36.3 Å². The molecule has 6 aliphatic heterocycles. The van der Waals surface area contributed by atoms with Crippen molar-refractivity contribution in [2.45, 2.75) is 37.9 Å². The first-order chi connectivity index (χ1) is 15.2. The summed E-state index contributed by atoms with van der Waals surface area (Å²) in [7, 11) is 0. The van der Waals surface area contributed by atoms with Crippen LogP contribution >= 0.6 is 0 Å². The molecule has 0 spiro atoms. The molecule has 5 heteroatoms. The topological polar surface area (TPSA) is 45.2 Å². The quantitative estimate of drug-likeness (QED) is 0.806. The average molecular weight is 423 g/mol. The predicted molar refractivity (Wildman–Crippen MR) is 122 cm³/mol. The Bertz CT molecular complexity index is 812. The van der Waals surface area contributed by atoms with Gasteiger partial charge in [-0.1, -0.05) is 18.2 Å². The lowest BCUT2D eigenvalue weighted by Crippen LogP contribution is -2.52. The maximum absolute atomic E-state index is 9.36. The van der Waals surface area contributed by atoms with Crippen molar-refractivity contribution < 1.29 is 14.6 Å². The molecule has 4 bridgehead atoms. The summed E-state index contributed by atoms with van der Waals surface area (Å²) in [5.41, 5.74) is 0. The Labute approximate surface area is 185 Å². The Morgan fingerprint density at radius 1 is 0.645 bits per heavy atom. The molecule has 6 fully saturated rings. The van der Waals surface area contributed by atoms with Gasteiger partial charge in [-0.25, -0.2) is 0 Å². The van der Waals surface area contributed by atoms with Crippen molar-refractivity contribution in [2.75, 3.05) is 39.3 Å². The molecule has 0 unspecified atom stereocenters. The van der Waals surface area contributed by atoms with Crippen LogP contribution in [0.15, 0.2) is 54.6 Å². The van der Waals surface area contributed by atoms with Crippen LogP contribution in [0.2, 0.25) is 0 Å². The largest absolute Gasteiger partial charge is 0.489 e. The first-order valence-electron chi connectivity index (χ1n) is 11.9. The van der Waals surface area contributed by atoms with Gasteiger partial charge in [0.25, 0.3) is 0 Å². The van der Waals surface area contributed by atoms with Crippen LogP contribution in [0, 0.1) is 11.8 Å². The van der Waals surface area contributed by atoms with Crippen molar-refractivity contribution in [2.24, 2.45) is 11.8 Å². The fraction of sp³-hybridized carbons (Fsp3) is 0.538. The normalized spacial score (nSPS) is 33.3. The lowest BCUT2D eigenvalue weighted by molar-refractivity contribution is -0.0227. The van der Waals surface area contributed by atoms with Gasteiger partial charge in [-0.05, 0) is 100 Å². The second-order valence-corrected chi connectivity index (χ2v) is 9.39. The Balaban J connectivity index is 0.000000189. The van der Waals surface area contributed by atoms with Gasteiger partial charge in [0.1, 0.15) is 23.4 Å². The molecule has 0 aliphatic carbocycles. The highest BCUT2D eigenvalue weighted by Gasteiger charge is 2.35. The van der Waals surface area contributed by atoms with E-state index in [-0.39, 0.29) is 6.10 Å². The van der Waals surface area contributed by atoms with Crippen molar-refractivity contribution >= 4 is 0 Å². The van der Waals surface area contributed by atoms with Gasteiger partial charge in [-0.3, -0.25) is 4.90 Å². The monoisotopic (exact) mass is 422 g/mol. The fourth-order valence-corrected chi connectivity index (χ4v) is 5.36. The minimum Gasteiger partial charge on any atom is -0.489 e.